The van der Waals surface area contributed by atoms with Crippen LogP contribution >= 0.6 is 0 Å². The van der Waals surface area contributed by atoms with E-state index in [1.54, 1.807) is 13.1 Å². The fourth-order valence-corrected chi connectivity index (χ4v) is 1.59. The number of hydrogen-bond acceptors (Lipinski definition) is 2. The highest BCUT2D eigenvalue weighted by atomic mass is 19.4. The second kappa shape index (κ2) is 6.15. The van der Waals surface area contributed by atoms with Gasteiger partial charge in [0.05, 0.1) is 6.42 Å². The van der Waals surface area contributed by atoms with Crippen molar-refractivity contribution in [2.75, 3.05) is 20.1 Å². The third-order valence-electron chi connectivity index (χ3n) is 2.56. The van der Waals surface area contributed by atoms with Crippen molar-refractivity contribution >= 4 is 0 Å². The summed E-state index contributed by atoms with van der Waals surface area (Å²) in [5.74, 6) is -0.402. The van der Waals surface area contributed by atoms with Crippen LogP contribution in [0.25, 0.3) is 0 Å². The van der Waals surface area contributed by atoms with Crippen LogP contribution < -0.4 is 5.73 Å². The summed E-state index contributed by atoms with van der Waals surface area (Å²) in [5, 5.41) is 0. The third-order valence-corrected chi connectivity index (χ3v) is 2.56. The van der Waals surface area contributed by atoms with Gasteiger partial charge in [-0.3, -0.25) is 0 Å². The van der Waals surface area contributed by atoms with Crippen LogP contribution in [0.2, 0.25) is 0 Å². The van der Waals surface area contributed by atoms with E-state index in [0.717, 1.165) is 0 Å². The van der Waals surface area contributed by atoms with Gasteiger partial charge in [0.25, 0.3) is 0 Å². The molecule has 1 aromatic carbocycles. The van der Waals surface area contributed by atoms with Crippen LogP contribution in [-0.4, -0.2) is 31.2 Å². The third kappa shape index (κ3) is 5.46. The molecule has 0 saturated heterocycles. The van der Waals surface area contributed by atoms with Crippen molar-refractivity contribution in [1.29, 1.82) is 0 Å². The number of benzene rings is 1. The number of halogens is 4. The van der Waals surface area contributed by atoms with Crippen LogP contribution in [0.5, 0.6) is 0 Å². The molecule has 0 spiro atoms. The molecule has 1 atom stereocenters. The molecule has 18 heavy (non-hydrogen) atoms. The Kier molecular flexibility index (Phi) is 5.10. The predicted molar refractivity (Wildman–Crippen MR) is 61.5 cm³/mol. The molecule has 6 heteroatoms. The van der Waals surface area contributed by atoms with E-state index in [4.69, 9.17) is 5.73 Å². The summed E-state index contributed by atoms with van der Waals surface area (Å²) >= 11 is 0. The maximum absolute atomic E-state index is 13.0. The minimum absolute atomic E-state index is 0.119. The topological polar surface area (TPSA) is 29.3 Å². The molecule has 0 aliphatic rings. The van der Waals surface area contributed by atoms with Crippen molar-refractivity contribution in [2.45, 2.75) is 18.6 Å². The monoisotopic (exact) mass is 264 g/mol. The number of likely N-dealkylation sites (N-methyl/N-ethyl adjacent to an activating group) is 1. The number of hydrogen-bond donors (Lipinski definition) is 1. The Morgan fingerprint density at radius 1 is 1.33 bits per heavy atom. The quantitative estimate of drug-likeness (QED) is 0.828. The van der Waals surface area contributed by atoms with Gasteiger partial charge in [-0.25, -0.2) is 4.39 Å². The molecule has 0 amide bonds. The number of rotatable bonds is 5. The van der Waals surface area contributed by atoms with Crippen LogP contribution in [0.1, 0.15) is 18.0 Å². The van der Waals surface area contributed by atoms with Crippen molar-refractivity contribution < 1.29 is 17.6 Å². The van der Waals surface area contributed by atoms with E-state index in [2.05, 4.69) is 0 Å². The fourth-order valence-electron chi connectivity index (χ4n) is 1.59. The molecule has 2 nitrogen and oxygen atoms in total. The highest BCUT2D eigenvalue weighted by Crippen LogP contribution is 2.20. The first-order valence-electron chi connectivity index (χ1n) is 5.54. The van der Waals surface area contributed by atoms with Gasteiger partial charge in [-0.2, -0.15) is 13.2 Å². The van der Waals surface area contributed by atoms with Crippen LogP contribution in [0, 0.1) is 5.82 Å². The van der Waals surface area contributed by atoms with Crippen LogP contribution in [0.4, 0.5) is 17.6 Å². The van der Waals surface area contributed by atoms with E-state index >= 15 is 0 Å². The summed E-state index contributed by atoms with van der Waals surface area (Å²) in [6, 6.07) is 5.27. The van der Waals surface area contributed by atoms with Gasteiger partial charge < -0.3 is 10.6 Å². The zero-order valence-electron chi connectivity index (χ0n) is 10.0. The molecular formula is C12H16F4N2. The smallest absolute Gasteiger partial charge is 0.323 e. The Hall–Kier alpha value is -1.14. The number of alkyl halides is 3. The SMILES string of the molecule is CN(CCC(F)(F)F)CC(N)c1cccc(F)c1. The Bertz CT molecular complexity index is 379. The zero-order chi connectivity index (χ0) is 13.8. The molecule has 0 aromatic heterocycles. The van der Waals surface area contributed by atoms with Crippen molar-refractivity contribution in [2.24, 2.45) is 5.73 Å². The summed E-state index contributed by atoms with van der Waals surface area (Å²) in [6.07, 6.45) is -5.05. The molecule has 0 fully saturated rings. The van der Waals surface area contributed by atoms with Crippen molar-refractivity contribution in [3.8, 4) is 0 Å². The molecule has 2 N–H and O–H groups in total. The first-order valence-corrected chi connectivity index (χ1v) is 5.54. The van der Waals surface area contributed by atoms with E-state index in [1.165, 1.54) is 23.1 Å². The number of nitrogens with two attached hydrogens (primary N) is 1. The maximum Gasteiger partial charge on any atom is 0.390 e. The maximum atomic E-state index is 13.0. The molecule has 0 aliphatic heterocycles. The Balaban J connectivity index is 2.47. The lowest BCUT2D eigenvalue weighted by molar-refractivity contribution is -0.137. The van der Waals surface area contributed by atoms with Gasteiger partial charge in [0, 0.05) is 19.1 Å². The minimum Gasteiger partial charge on any atom is -0.323 e. The molecule has 0 saturated carbocycles. The average Bonchev–Trinajstić information content (AvgIpc) is 2.25. The lowest BCUT2D eigenvalue weighted by Crippen LogP contribution is -2.31. The van der Waals surface area contributed by atoms with Crippen LogP contribution in [0.15, 0.2) is 24.3 Å². The zero-order valence-corrected chi connectivity index (χ0v) is 10.0. The summed E-state index contributed by atoms with van der Waals surface area (Å²) in [5.41, 5.74) is 6.39. The molecule has 0 bridgehead atoms. The van der Waals surface area contributed by atoms with E-state index in [1.807, 2.05) is 0 Å². The Morgan fingerprint density at radius 2 is 2.00 bits per heavy atom. The van der Waals surface area contributed by atoms with Crippen molar-refractivity contribution in [3.05, 3.63) is 35.6 Å². The minimum atomic E-state index is -4.17. The van der Waals surface area contributed by atoms with Gasteiger partial charge in [-0.15, -0.1) is 0 Å². The molecule has 1 unspecified atom stereocenters. The summed E-state index contributed by atoms with van der Waals surface area (Å²) in [4.78, 5) is 1.49. The van der Waals surface area contributed by atoms with Crippen LogP contribution in [0.3, 0.4) is 0 Å². The molecule has 0 aliphatic carbocycles. The van der Waals surface area contributed by atoms with Crippen molar-refractivity contribution in [1.82, 2.24) is 4.90 Å². The second-order valence-electron chi connectivity index (χ2n) is 4.29. The molecule has 0 heterocycles. The lowest BCUT2D eigenvalue weighted by atomic mass is 10.1. The van der Waals surface area contributed by atoms with Crippen LogP contribution in [-0.2, 0) is 0 Å². The van der Waals surface area contributed by atoms with Gasteiger partial charge in [0.1, 0.15) is 5.82 Å². The summed E-state index contributed by atoms with van der Waals surface area (Å²) < 4.78 is 49.0. The fraction of sp³-hybridized carbons (Fsp3) is 0.500. The summed E-state index contributed by atoms with van der Waals surface area (Å²) in [6.45, 7) is 0.131. The van der Waals surface area contributed by atoms with Gasteiger partial charge in [0.15, 0.2) is 0 Å². The average molecular weight is 264 g/mol. The Labute approximate surface area is 103 Å². The largest absolute Gasteiger partial charge is 0.390 e. The normalized spacial score (nSPS) is 13.9. The molecule has 102 valence electrons. The highest BCUT2D eigenvalue weighted by Gasteiger charge is 2.27. The van der Waals surface area contributed by atoms with Gasteiger partial charge >= 0.3 is 6.18 Å². The summed E-state index contributed by atoms with van der Waals surface area (Å²) in [7, 11) is 1.56. The van der Waals surface area contributed by atoms with E-state index in [0.29, 0.717) is 5.56 Å². The molecular weight excluding hydrogens is 248 g/mol. The van der Waals surface area contributed by atoms with E-state index < -0.39 is 24.5 Å². The Morgan fingerprint density at radius 3 is 2.56 bits per heavy atom. The highest BCUT2D eigenvalue weighted by molar-refractivity contribution is 5.20. The first-order chi connectivity index (χ1) is 8.28. The predicted octanol–water partition coefficient (Wildman–Crippen LogP) is 2.71. The lowest BCUT2D eigenvalue weighted by Gasteiger charge is -2.22. The molecule has 0 radical (unpaired) electrons. The van der Waals surface area contributed by atoms with E-state index in [-0.39, 0.29) is 13.1 Å². The van der Waals surface area contributed by atoms with Gasteiger partial charge in [-0.1, -0.05) is 12.1 Å². The molecule has 1 aromatic rings. The van der Waals surface area contributed by atoms with Crippen molar-refractivity contribution in [3.63, 3.8) is 0 Å². The number of nitrogens with zero attached hydrogens (tertiary/aromatic N) is 1. The van der Waals surface area contributed by atoms with E-state index in [9.17, 15) is 17.6 Å². The molecule has 1 rings (SSSR count). The first kappa shape index (κ1) is 14.9. The van der Waals surface area contributed by atoms with Gasteiger partial charge in [0.2, 0.25) is 0 Å². The second-order valence-corrected chi connectivity index (χ2v) is 4.29. The van der Waals surface area contributed by atoms with Gasteiger partial charge in [-0.05, 0) is 24.7 Å². The standard InChI is InChI=1S/C12H16F4N2/c1-18(6-5-12(14,15)16)8-11(17)9-3-2-4-10(13)7-9/h2-4,7,11H,5-6,8,17H2,1H3.